The van der Waals surface area contributed by atoms with Gasteiger partial charge in [0.25, 0.3) is 8.41 Å². The van der Waals surface area contributed by atoms with E-state index in [1.807, 2.05) is 41.5 Å². The summed E-state index contributed by atoms with van der Waals surface area (Å²) in [6.45, 7) is 11.9. The van der Waals surface area contributed by atoms with Crippen LogP contribution in [-0.2, 0) is 0 Å². The maximum absolute atomic E-state index is 15.1. The number of nitrogens with zero attached hydrogens (tertiary/aromatic N) is 1. The van der Waals surface area contributed by atoms with E-state index >= 15 is 4.11 Å². The molecule has 0 heterocycles. The van der Waals surface area contributed by atoms with Gasteiger partial charge >= 0.3 is 0 Å². The largest absolute Gasteiger partial charge is 0.307 e. The molecule has 0 unspecified atom stereocenters. The third-order valence-electron chi connectivity index (χ3n) is 2.74. The lowest BCUT2D eigenvalue weighted by atomic mass is 10.2. The Kier molecular flexibility index (Phi) is 4.46. The molecule has 0 amide bonds. The van der Waals surface area contributed by atoms with Gasteiger partial charge in [-0.05, 0) is 16.2 Å². The summed E-state index contributed by atoms with van der Waals surface area (Å²) in [7, 11) is -1.27. The van der Waals surface area contributed by atoms with Crippen LogP contribution in [0.5, 0.6) is 0 Å². The lowest BCUT2D eigenvalue weighted by molar-refractivity contribution is 0.533. The van der Waals surface area contributed by atoms with Crippen molar-refractivity contribution >= 4 is 14.6 Å². The Balaban J connectivity index is 5.24. The molecule has 0 radical (unpaired) electrons. The van der Waals surface area contributed by atoms with E-state index in [0.717, 1.165) is 0 Å². The van der Waals surface area contributed by atoms with Crippen LogP contribution >= 0.6 is 0 Å². The van der Waals surface area contributed by atoms with Crippen LogP contribution in [0.25, 0.3) is 0 Å². The van der Waals surface area contributed by atoms with Crippen molar-refractivity contribution in [2.45, 2.75) is 51.6 Å². The Morgan fingerprint density at radius 2 is 1.40 bits per heavy atom. The minimum absolute atomic E-state index is 0.288. The van der Waals surface area contributed by atoms with Crippen LogP contribution in [0.3, 0.4) is 0 Å². The summed E-state index contributed by atoms with van der Waals surface area (Å²) in [6, 6.07) is 0. The maximum atomic E-state index is 15.1. The molecule has 0 aliphatic rings. The molecule has 0 atom stereocenters. The van der Waals surface area contributed by atoms with Crippen LogP contribution in [-0.4, -0.2) is 21.7 Å². The summed E-state index contributed by atoms with van der Waals surface area (Å²) in [6.07, 6.45) is 3.40. The fraction of sp³-hybridized carbons (Fsp3) is 0.750. The molecule has 3 heteroatoms. The van der Waals surface area contributed by atoms with Crippen LogP contribution in [0.15, 0.2) is 16.8 Å². The predicted molar refractivity (Wildman–Crippen MR) is 69.8 cm³/mol. The summed E-state index contributed by atoms with van der Waals surface area (Å²) in [5, 5.41) is -0.577. The predicted octanol–water partition coefficient (Wildman–Crippen LogP) is 4.30. The zero-order valence-electron chi connectivity index (χ0n) is 11.1. The van der Waals surface area contributed by atoms with Crippen molar-refractivity contribution < 1.29 is 4.11 Å². The van der Waals surface area contributed by atoms with Crippen LogP contribution < -0.4 is 0 Å². The van der Waals surface area contributed by atoms with Gasteiger partial charge in [-0.25, -0.2) is 0 Å². The van der Waals surface area contributed by atoms with E-state index < -0.39 is 8.41 Å². The van der Waals surface area contributed by atoms with E-state index in [9.17, 15) is 0 Å². The normalized spacial score (nSPS) is 15.5. The fourth-order valence-electron chi connectivity index (χ4n) is 1.89. The lowest BCUT2D eigenvalue weighted by Crippen LogP contribution is -2.46. The SMILES string of the molecule is C/N=C\C=C\[Si](F)(C(C)(C)C)C(C)(C)C. The summed E-state index contributed by atoms with van der Waals surface area (Å²) < 4.78 is 15.1. The van der Waals surface area contributed by atoms with E-state index in [0.29, 0.717) is 0 Å². The molecule has 0 spiro atoms. The average Bonchev–Trinajstić information content (AvgIpc) is 2.00. The molecule has 0 fully saturated rings. The monoisotopic (exact) mass is 229 g/mol. The number of hydrogen-bond donors (Lipinski definition) is 0. The third-order valence-corrected chi connectivity index (χ3v) is 7.76. The summed E-state index contributed by atoms with van der Waals surface area (Å²) in [5.74, 6) is 0. The van der Waals surface area contributed by atoms with Gasteiger partial charge in [0.05, 0.1) is 0 Å². The van der Waals surface area contributed by atoms with Crippen LogP contribution in [0.1, 0.15) is 41.5 Å². The Labute approximate surface area is 94.7 Å². The van der Waals surface area contributed by atoms with Crippen LogP contribution in [0.2, 0.25) is 10.1 Å². The second-order valence-corrected chi connectivity index (χ2v) is 10.7. The molecule has 0 saturated carbocycles. The van der Waals surface area contributed by atoms with Gasteiger partial charge in [0.1, 0.15) is 0 Å². The van der Waals surface area contributed by atoms with Gasteiger partial charge in [0.2, 0.25) is 0 Å². The molecule has 0 bridgehead atoms. The molecular formula is C12H24FNSi. The fourth-order valence-corrected chi connectivity index (χ4v) is 5.49. The van der Waals surface area contributed by atoms with Crippen molar-refractivity contribution in [1.82, 2.24) is 0 Å². The van der Waals surface area contributed by atoms with Crippen molar-refractivity contribution in [2.75, 3.05) is 7.05 Å². The van der Waals surface area contributed by atoms with Crippen molar-refractivity contribution in [2.24, 2.45) is 4.99 Å². The van der Waals surface area contributed by atoms with E-state index in [-0.39, 0.29) is 10.1 Å². The van der Waals surface area contributed by atoms with Crippen molar-refractivity contribution in [3.63, 3.8) is 0 Å². The number of halogens is 1. The number of allylic oxidation sites excluding steroid dienone is 1. The first kappa shape index (κ1) is 14.6. The number of hydrogen-bond acceptors (Lipinski definition) is 1. The summed E-state index contributed by atoms with van der Waals surface area (Å²) >= 11 is 0. The first-order valence-electron chi connectivity index (χ1n) is 5.35. The van der Waals surface area contributed by atoms with Crippen LogP contribution in [0.4, 0.5) is 4.11 Å². The Morgan fingerprint density at radius 3 is 1.67 bits per heavy atom. The van der Waals surface area contributed by atoms with Gasteiger partial charge in [-0.3, -0.25) is 4.99 Å². The molecule has 0 aromatic heterocycles. The molecule has 88 valence electrons. The quantitative estimate of drug-likeness (QED) is 0.380. The Morgan fingerprint density at radius 1 is 1.00 bits per heavy atom. The van der Waals surface area contributed by atoms with Gasteiger partial charge in [-0.2, -0.15) is 0 Å². The highest BCUT2D eigenvalue weighted by Crippen LogP contribution is 2.52. The smallest absolute Gasteiger partial charge is 0.281 e. The standard InChI is InChI=1S/C12H24FNSi/c1-11(2,3)15(13,12(4,5)6)10-8-9-14-7/h8-10H,1-7H3/b10-8+,14-9-. The summed E-state index contributed by atoms with van der Waals surface area (Å²) in [5.41, 5.74) is 1.76. The van der Waals surface area contributed by atoms with Gasteiger partial charge in [0, 0.05) is 13.3 Å². The van der Waals surface area contributed by atoms with Crippen molar-refractivity contribution in [3.05, 3.63) is 11.8 Å². The molecule has 0 aliphatic heterocycles. The molecular weight excluding hydrogens is 205 g/mol. The molecule has 0 aliphatic carbocycles. The van der Waals surface area contributed by atoms with Crippen molar-refractivity contribution in [1.29, 1.82) is 0 Å². The molecule has 15 heavy (non-hydrogen) atoms. The minimum atomic E-state index is -2.96. The van der Waals surface area contributed by atoms with E-state index in [1.165, 1.54) is 0 Å². The van der Waals surface area contributed by atoms with Gasteiger partial charge in [-0.15, -0.1) is 0 Å². The first-order chi connectivity index (χ1) is 6.56. The summed E-state index contributed by atoms with van der Waals surface area (Å²) in [4.78, 5) is 3.85. The maximum Gasteiger partial charge on any atom is 0.281 e. The number of aliphatic imine (C=N–C) groups is 1. The Hall–Kier alpha value is -0.443. The number of rotatable bonds is 2. The highest BCUT2D eigenvalue weighted by molar-refractivity contribution is 6.83. The molecule has 0 rings (SSSR count). The molecule has 1 nitrogen and oxygen atoms in total. The van der Waals surface area contributed by atoms with Gasteiger partial charge in [0.15, 0.2) is 0 Å². The molecule has 0 aromatic rings. The van der Waals surface area contributed by atoms with Crippen LogP contribution in [0, 0.1) is 0 Å². The highest BCUT2D eigenvalue weighted by Gasteiger charge is 2.53. The average molecular weight is 229 g/mol. The minimum Gasteiger partial charge on any atom is -0.307 e. The zero-order chi connectivity index (χ0) is 12.3. The second kappa shape index (κ2) is 4.60. The lowest BCUT2D eigenvalue weighted by Gasteiger charge is -2.42. The van der Waals surface area contributed by atoms with Gasteiger partial charge in [-0.1, -0.05) is 47.2 Å². The second-order valence-electron chi connectivity index (χ2n) is 5.98. The first-order valence-corrected chi connectivity index (χ1v) is 7.31. The Bertz CT molecular complexity index is 242. The molecule has 0 aromatic carbocycles. The molecule has 0 saturated heterocycles. The van der Waals surface area contributed by atoms with E-state index in [1.54, 1.807) is 25.0 Å². The van der Waals surface area contributed by atoms with E-state index in [4.69, 9.17) is 0 Å². The van der Waals surface area contributed by atoms with Gasteiger partial charge < -0.3 is 4.11 Å². The molecule has 0 N–H and O–H groups in total. The topological polar surface area (TPSA) is 12.4 Å². The zero-order valence-corrected chi connectivity index (χ0v) is 12.1. The van der Waals surface area contributed by atoms with E-state index in [2.05, 4.69) is 4.99 Å². The third kappa shape index (κ3) is 3.26. The van der Waals surface area contributed by atoms with Crippen molar-refractivity contribution in [3.8, 4) is 0 Å². The highest BCUT2D eigenvalue weighted by atomic mass is 28.4.